The number of nitrogens with zero attached hydrogens (tertiary/aromatic N) is 2. The standard InChI is InChI=1S/C38H53N3O5S/c1-23(2)15-28(16-26-11-9-8-10-12-26)39-34(44)30-19-47-35(40-30)32(46-25(5)42)18-31(24(3)4)41(7)36(45)29(27-13-14-27)17-33(43)38-20-37(6,21-38)22-38/h8-12,19,23-24,27-29,31-32H,13-18,20-22H2,1-7H3,(H,39,44). The Morgan fingerprint density at radius 2 is 1.70 bits per heavy atom. The molecule has 0 saturated heterocycles. The molecule has 9 heteroatoms. The predicted molar refractivity (Wildman–Crippen MR) is 184 cm³/mol. The smallest absolute Gasteiger partial charge is 0.303 e. The molecule has 2 bridgehead atoms. The van der Waals surface area contributed by atoms with Crippen molar-refractivity contribution < 1.29 is 23.9 Å². The van der Waals surface area contributed by atoms with E-state index in [1.54, 1.807) is 10.3 Å². The van der Waals surface area contributed by atoms with Crippen LogP contribution in [0, 0.1) is 34.5 Å². The van der Waals surface area contributed by atoms with Gasteiger partial charge in [0.1, 0.15) is 16.5 Å². The molecule has 2 amide bonds. The Morgan fingerprint density at radius 1 is 1.04 bits per heavy atom. The van der Waals surface area contributed by atoms with E-state index in [1.807, 2.05) is 25.2 Å². The fraction of sp³-hybridized carbons (Fsp3) is 0.658. The van der Waals surface area contributed by atoms with Gasteiger partial charge in [0.25, 0.3) is 5.91 Å². The Kier molecular flexibility index (Phi) is 10.6. The number of carbonyl (C=O) groups is 4. The first kappa shape index (κ1) is 35.2. The van der Waals surface area contributed by atoms with Gasteiger partial charge in [-0.25, -0.2) is 4.98 Å². The summed E-state index contributed by atoms with van der Waals surface area (Å²) < 4.78 is 5.80. The third-order valence-corrected chi connectivity index (χ3v) is 11.6. The molecule has 47 heavy (non-hydrogen) atoms. The minimum absolute atomic E-state index is 0.00718. The molecule has 0 radical (unpaired) electrons. The fourth-order valence-corrected chi connectivity index (χ4v) is 9.18. The number of benzene rings is 1. The SMILES string of the molecule is CC(=O)OC(CC(C(C)C)N(C)C(=O)C(CC(=O)C12CC(C)(C1)C2)C1CC1)c1nc(C(=O)NC(Cc2ccccc2)CC(C)C)cs1. The first-order chi connectivity index (χ1) is 22.2. The van der Waals surface area contributed by atoms with Crippen molar-refractivity contribution in [2.24, 2.45) is 34.5 Å². The van der Waals surface area contributed by atoms with Crippen LogP contribution in [0.1, 0.15) is 120 Å². The van der Waals surface area contributed by atoms with Crippen LogP contribution in [0.5, 0.6) is 0 Å². The Bertz CT molecular complexity index is 1430. The molecule has 1 N–H and O–H groups in total. The number of amides is 2. The van der Waals surface area contributed by atoms with Crippen LogP contribution >= 0.6 is 11.3 Å². The minimum Gasteiger partial charge on any atom is -0.455 e. The number of esters is 1. The number of ether oxygens (including phenoxy) is 1. The summed E-state index contributed by atoms with van der Waals surface area (Å²) in [4.78, 5) is 59.6. The number of hydrogen-bond acceptors (Lipinski definition) is 7. The maximum atomic E-state index is 14.1. The van der Waals surface area contributed by atoms with Gasteiger partial charge >= 0.3 is 5.97 Å². The number of thiazole rings is 1. The average molecular weight is 664 g/mol. The Labute approximate surface area is 284 Å². The second-order valence-electron chi connectivity index (χ2n) is 15.8. The van der Waals surface area contributed by atoms with E-state index in [0.717, 1.165) is 50.5 Å². The van der Waals surface area contributed by atoms with E-state index in [4.69, 9.17) is 4.74 Å². The lowest BCUT2D eigenvalue weighted by Gasteiger charge is -2.68. The zero-order valence-electron chi connectivity index (χ0n) is 29.2. The van der Waals surface area contributed by atoms with E-state index in [1.165, 1.54) is 18.3 Å². The van der Waals surface area contributed by atoms with Crippen molar-refractivity contribution >= 4 is 34.9 Å². The van der Waals surface area contributed by atoms with E-state index in [9.17, 15) is 19.2 Å². The predicted octanol–water partition coefficient (Wildman–Crippen LogP) is 7.18. The van der Waals surface area contributed by atoms with Gasteiger partial charge in [0.05, 0.1) is 0 Å². The highest BCUT2D eigenvalue weighted by Gasteiger charge is 2.68. The van der Waals surface area contributed by atoms with Crippen molar-refractivity contribution in [2.75, 3.05) is 7.05 Å². The van der Waals surface area contributed by atoms with Gasteiger partial charge in [-0.2, -0.15) is 0 Å². The van der Waals surface area contributed by atoms with Gasteiger partial charge in [0, 0.05) is 55.6 Å². The quantitative estimate of drug-likeness (QED) is 0.180. The number of nitrogens with one attached hydrogen (secondary N) is 1. The van der Waals surface area contributed by atoms with Crippen LogP contribution < -0.4 is 5.32 Å². The minimum atomic E-state index is -0.708. The molecule has 4 fully saturated rings. The van der Waals surface area contributed by atoms with Crippen LogP contribution in [0.3, 0.4) is 0 Å². The lowest BCUT2D eigenvalue weighted by atomic mass is 9.34. The second-order valence-corrected chi connectivity index (χ2v) is 16.7. The Balaban J connectivity index is 1.27. The zero-order valence-corrected chi connectivity index (χ0v) is 30.0. The summed E-state index contributed by atoms with van der Waals surface area (Å²) in [7, 11) is 1.82. The third kappa shape index (κ3) is 8.33. The van der Waals surface area contributed by atoms with Gasteiger partial charge in [-0.3, -0.25) is 19.2 Å². The van der Waals surface area contributed by atoms with Crippen LogP contribution in [-0.4, -0.2) is 52.6 Å². The number of aromatic nitrogens is 1. The molecule has 4 unspecified atom stereocenters. The molecule has 4 aliphatic rings. The van der Waals surface area contributed by atoms with Crippen molar-refractivity contribution in [2.45, 2.75) is 118 Å². The highest BCUT2D eigenvalue weighted by molar-refractivity contribution is 7.09. The molecule has 8 nitrogen and oxygen atoms in total. The monoisotopic (exact) mass is 663 g/mol. The summed E-state index contributed by atoms with van der Waals surface area (Å²) in [6.07, 6.45) is 6.41. The van der Waals surface area contributed by atoms with Gasteiger partial charge in [-0.1, -0.05) is 65.0 Å². The van der Waals surface area contributed by atoms with Gasteiger partial charge in [-0.05, 0) is 73.7 Å². The largest absolute Gasteiger partial charge is 0.455 e. The molecular formula is C38H53N3O5S. The Morgan fingerprint density at radius 3 is 2.26 bits per heavy atom. The molecule has 4 saturated carbocycles. The molecular weight excluding hydrogens is 611 g/mol. The topological polar surface area (TPSA) is 106 Å². The number of rotatable bonds is 17. The van der Waals surface area contributed by atoms with Gasteiger partial charge in [0.15, 0.2) is 6.10 Å². The molecule has 0 aliphatic heterocycles. The normalized spacial score (nSPS) is 24.0. The van der Waals surface area contributed by atoms with Gasteiger partial charge in [0.2, 0.25) is 5.91 Å². The summed E-state index contributed by atoms with van der Waals surface area (Å²) in [5.74, 6) is 0.00919. The maximum Gasteiger partial charge on any atom is 0.303 e. The lowest BCUT2D eigenvalue weighted by Crippen LogP contribution is -2.64. The Hall–Kier alpha value is -3.07. The highest BCUT2D eigenvalue weighted by Crippen LogP contribution is 2.73. The van der Waals surface area contributed by atoms with E-state index in [0.29, 0.717) is 34.9 Å². The molecule has 1 aromatic carbocycles. The molecule has 1 aromatic heterocycles. The van der Waals surface area contributed by atoms with E-state index >= 15 is 0 Å². The first-order valence-electron chi connectivity index (χ1n) is 17.5. The van der Waals surface area contributed by atoms with Crippen molar-refractivity contribution in [3.63, 3.8) is 0 Å². The van der Waals surface area contributed by atoms with Crippen LogP contribution in [0.25, 0.3) is 0 Å². The van der Waals surface area contributed by atoms with E-state index in [-0.39, 0.29) is 52.8 Å². The summed E-state index contributed by atoms with van der Waals surface area (Å²) in [5.41, 5.74) is 1.62. The molecule has 0 spiro atoms. The zero-order chi connectivity index (χ0) is 34.1. The molecule has 4 aliphatic carbocycles. The van der Waals surface area contributed by atoms with E-state index in [2.05, 4.69) is 57.1 Å². The molecule has 1 heterocycles. The molecule has 2 aromatic rings. The summed E-state index contributed by atoms with van der Waals surface area (Å²) in [5, 5.41) is 5.43. The summed E-state index contributed by atoms with van der Waals surface area (Å²) in [6, 6.07) is 9.83. The fourth-order valence-electron chi connectivity index (χ4n) is 8.34. The number of carbonyl (C=O) groups excluding carboxylic acids is 4. The maximum absolute atomic E-state index is 14.1. The summed E-state index contributed by atoms with van der Waals surface area (Å²) in [6.45, 7) is 12.0. The van der Waals surface area contributed by atoms with Crippen molar-refractivity contribution in [3.05, 3.63) is 52.0 Å². The van der Waals surface area contributed by atoms with Crippen molar-refractivity contribution in [3.8, 4) is 0 Å². The first-order valence-corrected chi connectivity index (χ1v) is 18.3. The van der Waals surface area contributed by atoms with Crippen molar-refractivity contribution in [1.29, 1.82) is 0 Å². The number of ketones is 1. The third-order valence-electron chi connectivity index (χ3n) is 10.6. The van der Waals surface area contributed by atoms with Gasteiger partial charge in [-0.15, -0.1) is 11.3 Å². The summed E-state index contributed by atoms with van der Waals surface area (Å²) >= 11 is 1.29. The average Bonchev–Trinajstić information content (AvgIpc) is 3.69. The molecule has 4 atom stereocenters. The van der Waals surface area contributed by atoms with Crippen LogP contribution in [-0.2, 0) is 25.5 Å². The molecule has 6 rings (SSSR count). The van der Waals surface area contributed by atoms with Crippen LogP contribution in [0.4, 0.5) is 0 Å². The van der Waals surface area contributed by atoms with Crippen LogP contribution in [0.2, 0.25) is 0 Å². The number of Topliss-reactive ketones (excluding diaryl/α,β-unsaturated/α-hetero) is 1. The second kappa shape index (κ2) is 14.2. The molecule has 256 valence electrons. The highest BCUT2D eigenvalue weighted by atomic mass is 32.1. The van der Waals surface area contributed by atoms with Crippen LogP contribution in [0.15, 0.2) is 35.7 Å². The number of hydrogen-bond donors (Lipinski definition) is 1. The van der Waals surface area contributed by atoms with Crippen molar-refractivity contribution in [1.82, 2.24) is 15.2 Å². The van der Waals surface area contributed by atoms with Gasteiger partial charge < -0.3 is 15.0 Å². The van der Waals surface area contributed by atoms with E-state index < -0.39 is 12.1 Å². The lowest BCUT2D eigenvalue weighted by molar-refractivity contribution is -0.198.